The highest BCUT2D eigenvalue weighted by atomic mass is 79.9. The molecule has 10 heavy (non-hydrogen) atoms. The van der Waals surface area contributed by atoms with Crippen molar-refractivity contribution in [3.05, 3.63) is 26.9 Å². The lowest BCUT2D eigenvalue weighted by Crippen LogP contribution is -1.91. The molecule has 0 amide bonds. The number of hydrogen-bond acceptors (Lipinski definition) is 1. The second kappa shape index (κ2) is 2.88. The molecule has 0 fully saturated rings. The van der Waals surface area contributed by atoms with E-state index in [0.29, 0.717) is 4.47 Å². The Morgan fingerprint density at radius 1 is 1.30 bits per heavy atom. The van der Waals surface area contributed by atoms with Gasteiger partial charge in [-0.3, -0.25) is 0 Å². The van der Waals surface area contributed by atoms with Crippen molar-refractivity contribution >= 4 is 37.5 Å². The van der Waals surface area contributed by atoms with E-state index in [1.54, 1.807) is 6.07 Å². The molecule has 1 nitrogen and oxygen atoms in total. The molecule has 1 aromatic carbocycles. The minimum Gasteiger partial charge on any atom is -0.395 e. The predicted molar refractivity (Wildman–Crippen MR) is 46.2 cm³/mol. The first kappa shape index (κ1) is 8.01. The fraction of sp³-hybridized carbons (Fsp3) is 0. The molecule has 0 bridgehead atoms. The molecule has 0 saturated carbocycles. The van der Waals surface area contributed by atoms with Gasteiger partial charge in [0.2, 0.25) is 0 Å². The van der Waals surface area contributed by atoms with Gasteiger partial charge in [0.15, 0.2) is 0 Å². The summed E-state index contributed by atoms with van der Waals surface area (Å²) < 4.78 is 13.9. The lowest BCUT2D eigenvalue weighted by Gasteiger charge is -2.00. The van der Waals surface area contributed by atoms with Crippen molar-refractivity contribution in [3.8, 4) is 0 Å². The third kappa shape index (κ3) is 1.32. The molecule has 0 heterocycles. The van der Waals surface area contributed by atoms with Crippen LogP contribution in [0.1, 0.15) is 0 Å². The molecule has 1 rings (SSSR count). The highest BCUT2D eigenvalue weighted by Gasteiger charge is 2.04. The number of halogens is 3. The monoisotopic (exact) mass is 267 g/mol. The molecule has 0 aromatic heterocycles. The van der Waals surface area contributed by atoms with Crippen LogP contribution in [0.2, 0.25) is 0 Å². The molecule has 0 atom stereocenters. The van der Waals surface area contributed by atoms with Crippen LogP contribution < -0.4 is 5.73 Å². The Hall–Kier alpha value is -0.0900. The lowest BCUT2D eigenvalue weighted by molar-refractivity contribution is 0.631. The summed E-state index contributed by atoms with van der Waals surface area (Å²) in [7, 11) is 0. The fourth-order valence-corrected chi connectivity index (χ4v) is 1.21. The Kier molecular flexibility index (Phi) is 2.31. The Labute approximate surface area is 74.7 Å². The number of anilines is 1. The largest absolute Gasteiger partial charge is 0.395 e. The number of nitrogen functional groups attached to an aromatic ring is 1. The van der Waals surface area contributed by atoms with E-state index in [-0.39, 0.29) is 5.69 Å². The summed E-state index contributed by atoms with van der Waals surface area (Å²) in [4.78, 5) is 0. The van der Waals surface area contributed by atoms with E-state index < -0.39 is 5.82 Å². The number of rotatable bonds is 0. The maximum atomic E-state index is 12.6. The van der Waals surface area contributed by atoms with E-state index in [2.05, 4.69) is 31.9 Å². The summed E-state index contributed by atoms with van der Waals surface area (Å²) in [5, 5.41) is 0. The van der Waals surface area contributed by atoms with Crippen LogP contribution >= 0.6 is 31.9 Å². The Morgan fingerprint density at radius 3 is 2.40 bits per heavy atom. The van der Waals surface area contributed by atoms with Crippen LogP contribution in [-0.4, -0.2) is 0 Å². The van der Waals surface area contributed by atoms with Crippen LogP contribution in [0.25, 0.3) is 0 Å². The van der Waals surface area contributed by atoms with E-state index >= 15 is 0 Å². The molecule has 0 aliphatic rings. The van der Waals surface area contributed by atoms with Crippen LogP contribution in [0.15, 0.2) is 21.1 Å². The van der Waals surface area contributed by atoms with Crippen molar-refractivity contribution in [1.82, 2.24) is 0 Å². The molecule has 0 aliphatic carbocycles. The smallest absolute Gasteiger partial charge is 0.147 e. The number of hydrogen-bond donors (Lipinski definition) is 1. The standard InChI is InChI=1S/C6H4Br2FN/c7-3-1-2-4(9)6(10)5(3)8/h1-2H,10H2. The van der Waals surface area contributed by atoms with E-state index in [1.165, 1.54) is 6.07 Å². The van der Waals surface area contributed by atoms with Crippen LogP contribution in [0.3, 0.4) is 0 Å². The van der Waals surface area contributed by atoms with Crippen LogP contribution in [0.4, 0.5) is 10.1 Å². The maximum Gasteiger partial charge on any atom is 0.147 e. The SMILES string of the molecule is Nc1c(F)ccc(Br)c1Br. The van der Waals surface area contributed by atoms with Gasteiger partial charge in [0, 0.05) is 4.47 Å². The average Bonchev–Trinajstić information content (AvgIpc) is 1.93. The summed E-state index contributed by atoms with van der Waals surface area (Å²) in [5.74, 6) is -0.407. The summed E-state index contributed by atoms with van der Waals surface area (Å²) in [6.45, 7) is 0. The quantitative estimate of drug-likeness (QED) is 0.568. The van der Waals surface area contributed by atoms with Crippen molar-refractivity contribution in [3.63, 3.8) is 0 Å². The van der Waals surface area contributed by atoms with Crippen LogP contribution in [0.5, 0.6) is 0 Å². The Morgan fingerprint density at radius 2 is 1.90 bits per heavy atom. The zero-order chi connectivity index (χ0) is 7.72. The maximum absolute atomic E-state index is 12.6. The minimum atomic E-state index is -0.407. The van der Waals surface area contributed by atoms with Crippen LogP contribution in [-0.2, 0) is 0 Å². The van der Waals surface area contributed by atoms with Crippen molar-refractivity contribution < 1.29 is 4.39 Å². The summed E-state index contributed by atoms with van der Waals surface area (Å²) >= 11 is 6.30. The van der Waals surface area contributed by atoms with Gasteiger partial charge in [0.05, 0.1) is 10.2 Å². The van der Waals surface area contributed by atoms with Gasteiger partial charge in [-0.05, 0) is 44.0 Å². The van der Waals surface area contributed by atoms with Crippen molar-refractivity contribution in [2.24, 2.45) is 0 Å². The van der Waals surface area contributed by atoms with Gasteiger partial charge in [0.25, 0.3) is 0 Å². The molecule has 1 aromatic rings. The molecule has 2 N–H and O–H groups in total. The zero-order valence-electron chi connectivity index (χ0n) is 4.87. The molecule has 0 unspecified atom stereocenters. The van der Waals surface area contributed by atoms with Crippen LogP contribution in [0, 0.1) is 5.82 Å². The van der Waals surface area contributed by atoms with E-state index in [9.17, 15) is 4.39 Å². The van der Waals surface area contributed by atoms with Gasteiger partial charge in [0.1, 0.15) is 5.82 Å². The van der Waals surface area contributed by atoms with Gasteiger partial charge < -0.3 is 5.73 Å². The average molecular weight is 269 g/mol. The molecule has 0 aliphatic heterocycles. The number of benzene rings is 1. The topological polar surface area (TPSA) is 26.0 Å². The normalized spacial score (nSPS) is 9.90. The van der Waals surface area contributed by atoms with E-state index in [1.807, 2.05) is 0 Å². The Balaban J connectivity index is 3.34. The fourth-order valence-electron chi connectivity index (χ4n) is 0.543. The summed E-state index contributed by atoms with van der Waals surface area (Å²) in [6.07, 6.45) is 0. The molecule has 0 saturated heterocycles. The van der Waals surface area contributed by atoms with Crippen molar-refractivity contribution in [2.45, 2.75) is 0 Å². The van der Waals surface area contributed by atoms with Gasteiger partial charge in [-0.25, -0.2) is 4.39 Å². The lowest BCUT2D eigenvalue weighted by atomic mass is 10.3. The summed E-state index contributed by atoms with van der Waals surface area (Å²) in [5.41, 5.74) is 5.46. The molecule has 0 spiro atoms. The van der Waals surface area contributed by atoms with Crippen molar-refractivity contribution in [1.29, 1.82) is 0 Å². The molecule has 4 heteroatoms. The molecule has 54 valence electrons. The van der Waals surface area contributed by atoms with Gasteiger partial charge in [-0.2, -0.15) is 0 Å². The van der Waals surface area contributed by atoms with Gasteiger partial charge in [-0.15, -0.1) is 0 Å². The molecule has 0 radical (unpaired) electrons. The number of nitrogens with two attached hydrogens (primary N) is 1. The molecular formula is C6H4Br2FN. The third-order valence-corrected chi connectivity index (χ3v) is 3.13. The highest BCUT2D eigenvalue weighted by Crippen LogP contribution is 2.30. The van der Waals surface area contributed by atoms with E-state index in [4.69, 9.17) is 5.73 Å². The second-order valence-electron chi connectivity index (χ2n) is 1.76. The van der Waals surface area contributed by atoms with E-state index in [0.717, 1.165) is 4.47 Å². The Bertz CT molecular complexity index is 235. The highest BCUT2D eigenvalue weighted by molar-refractivity contribution is 9.13. The first-order chi connectivity index (χ1) is 4.63. The van der Waals surface area contributed by atoms with Gasteiger partial charge >= 0.3 is 0 Å². The molecular weight excluding hydrogens is 265 g/mol. The second-order valence-corrected chi connectivity index (χ2v) is 3.40. The predicted octanol–water partition coefficient (Wildman–Crippen LogP) is 2.93. The third-order valence-electron chi connectivity index (χ3n) is 1.08. The summed E-state index contributed by atoms with van der Waals surface area (Å²) in [6, 6.07) is 2.90. The zero-order valence-corrected chi connectivity index (χ0v) is 8.04. The van der Waals surface area contributed by atoms with Gasteiger partial charge in [-0.1, -0.05) is 0 Å². The minimum absolute atomic E-state index is 0.134. The first-order valence-corrected chi connectivity index (χ1v) is 4.10. The first-order valence-electron chi connectivity index (χ1n) is 2.52. The van der Waals surface area contributed by atoms with Crippen molar-refractivity contribution in [2.75, 3.05) is 5.73 Å².